The Bertz CT molecular complexity index is 867. The second kappa shape index (κ2) is 9.25. The topological polar surface area (TPSA) is 89.6 Å². The molecule has 0 aliphatic carbocycles. The Morgan fingerprint density at radius 1 is 1.26 bits per heavy atom. The molecule has 0 spiro atoms. The van der Waals surface area contributed by atoms with Crippen molar-refractivity contribution in [3.63, 3.8) is 0 Å². The van der Waals surface area contributed by atoms with Gasteiger partial charge in [-0.2, -0.15) is 8.42 Å². The van der Waals surface area contributed by atoms with Crippen LogP contribution in [-0.2, 0) is 14.8 Å². The second-order valence-electron chi connectivity index (χ2n) is 7.11. The van der Waals surface area contributed by atoms with Crippen molar-refractivity contribution in [3.05, 3.63) is 53.2 Å². The van der Waals surface area contributed by atoms with Gasteiger partial charge in [0.25, 0.3) is 0 Å². The number of likely N-dealkylation sites (N-methyl/N-ethyl adjacent to an activating group) is 1. The number of hydrogen-bond acceptors (Lipinski definition) is 4. The van der Waals surface area contributed by atoms with Crippen LogP contribution in [0.1, 0.15) is 13.8 Å². The number of carboxylic acids is 1. The molecule has 2 rings (SSSR count). The maximum absolute atomic E-state index is 12.2. The number of rotatable bonds is 4. The molecule has 0 saturated heterocycles. The zero-order valence-corrected chi connectivity index (χ0v) is 17.7. The minimum absolute atomic E-state index is 0.0694. The SMILES string of the molecule is CC1=CC=CC(C)[N+]1=NS(=O)(=O)c1ccc(Cl)cc1.C[N+](C)(C)CC(=O)[O-]. The van der Waals surface area contributed by atoms with Crippen molar-refractivity contribution in [2.24, 2.45) is 4.52 Å². The fourth-order valence-electron chi connectivity index (χ4n) is 2.13. The average molecular weight is 415 g/mol. The molecule has 1 heterocycles. The van der Waals surface area contributed by atoms with Crippen LogP contribution >= 0.6 is 11.6 Å². The van der Waals surface area contributed by atoms with Crippen LogP contribution in [-0.4, -0.2) is 57.3 Å². The Kier molecular flexibility index (Phi) is 7.89. The van der Waals surface area contributed by atoms with Gasteiger partial charge in [-0.25, -0.2) is 0 Å². The summed E-state index contributed by atoms with van der Waals surface area (Å²) in [7, 11) is 1.68. The van der Waals surface area contributed by atoms with Gasteiger partial charge >= 0.3 is 10.0 Å². The van der Waals surface area contributed by atoms with Gasteiger partial charge in [0.2, 0.25) is 11.7 Å². The highest BCUT2D eigenvalue weighted by Crippen LogP contribution is 2.19. The van der Waals surface area contributed by atoms with Gasteiger partial charge < -0.3 is 14.4 Å². The highest BCUT2D eigenvalue weighted by molar-refractivity contribution is 7.89. The van der Waals surface area contributed by atoms with E-state index in [1.807, 2.05) is 32.1 Å². The maximum atomic E-state index is 12.2. The molecule has 1 aromatic carbocycles. The van der Waals surface area contributed by atoms with Crippen molar-refractivity contribution in [2.75, 3.05) is 27.7 Å². The molecule has 0 saturated carbocycles. The van der Waals surface area contributed by atoms with Gasteiger partial charge in [0.1, 0.15) is 11.1 Å². The summed E-state index contributed by atoms with van der Waals surface area (Å²) in [6, 6.07) is 5.88. The van der Waals surface area contributed by atoms with E-state index < -0.39 is 16.0 Å². The number of carboxylic acid groups (broad SMARTS) is 1. The molecular formula is C18H25ClN3O4S+. The molecule has 0 fully saturated rings. The zero-order chi connectivity index (χ0) is 20.8. The van der Waals surface area contributed by atoms with Gasteiger partial charge in [0.15, 0.2) is 0 Å². The molecule has 0 N–H and O–H groups in total. The number of nitrogens with zero attached hydrogens (tertiary/aromatic N) is 3. The van der Waals surface area contributed by atoms with E-state index in [0.717, 1.165) is 5.70 Å². The quantitative estimate of drug-likeness (QED) is 0.555. The lowest BCUT2D eigenvalue weighted by atomic mass is 10.2. The van der Waals surface area contributed by atoms with E-state index in [2.05, 4.69) is 4.52 Å². The third kappa shape index (κ3) is 8.03. The van der Waals surface area contributed by atoms with Crippen molar-refractivity contribution in [1.82, 2.24) is 0 Å². The van der Waals surface area contributed by atoms with Gasteiger partial charge in [-0.15, -0.1) is 0 Å². The first kappa shape index (κ1) is 23.0. The molecule has 0 bridgehead atoms. The predicted octanol–water partition coefficient (Wildman–Crippen LogP) is 1.80. The zero-order valence-electron chi connectivity index (χ0n) is 16.1. The van der Waals surface area contributed by atoms with E-state index in [9.17, 15) is 18.3 Å². The molecule has 27 heavy (non-hydrogen) atoms. The number of carbonyl (C=O) groups is 1. The molecule has 7 nitrogen and oxygen atoms in total. The van der Waals surface area contributed by atoms with Crippen LogP contribution in [0.15, 0.2) is 57.6 Å². The lowest BCUT2D eigenvalue weighted by Crippen LogP contribution is -2.45. The third-order valence-corrected chi connectivity index (χ3v) is 4.90. The first-order chi connectivity index (χ1) is 12.3. The Morgan fingerprint density at radius 3 is 2.22 bits per heavy atom. The van der Waals surface area contributed by atoms with Crippen LogP contribution in [0.25, 0.3) is 0 Å². The number of sulfonamides is 1. The van der Waals surface area contributed by atoms with Gasteiger partial charge in [-0.1, -0.05) is 22.4 Å². The van der Waals surface area contributed by atoms with E-state index in [-0.39, 0.29) is 17.5 Å². The average Bonchev–Trinajstić information content (AvgIpc) is 2.50. The summed E-state index contributed by atoms with van der Waals surface area (Å²) in [6.07, 6.45) is 5.59. The Balaban J connectivity index is 0.000000387. The van der Waals surface area contributed by atoms with E-state index >= 15 is 0 Å². The van der Waals surface area contributed by atoms with Gasteiger partial charge in [-0.3, -0.25) is 0 Å². The Labute approximate surface area is 165 Å². The largest absolute Gasteiger partial charge is 0.544 e. The highest BCUT2D eigenvalue weighted by Gasteiger charge is 2.26. The number of allylic oxidation sites excluding steroid dienone is 3. The number of hydrogen-bond donors (Lipinski definition) is 0. The molecule has 1 aromatic rings. The minimum atomic E-state index is -3.72. The van der Waals surface area contributed by atoms with Gasteiger partial charge in [-0.05, 0) is 30.3 Å². The smallest absolute Gasteiger partial charge is 0.336 e. The fraction of sp³-hybridized carbons (Fsp3) is 0.389. The van der Waals surface area contributed by atoms with Crippen LogP contribution in [0.3, 0.4) is 0 Å². The molecular weight excluding hydrogens is 390 g/mol. The van der Waals surface area contributed by atoms with Gasteiger partial charge in [0, 0.05) is 24.9 Å². The van der Waals surface area contributed by atoms with E-state index in [0.29, 0.717) is 9.51 Å². The maximum Gasteiger partial charge on any atom is 0.336 e. The number of aliphatic carboxylic acids is 1. The summed E-state index contributed by atoms with van der Waals surface area (Å²) < 4.78 is 30.2. The van der Waals surface area contributed by atoms with Crippen LogP contribution < -0.4 is 5.11 Å². The van der Waals surface area contributed by atoms with Crippen LogP contribution in [0.4, 0.5) is 0 Å². The summed E-state index contributed by atoms with van der Waals surface area (Å²) in [5, 5.41) is 10.4. The lowest BCUT2D eigenvalue weighted by Gasteiger charge is -2.23. The second-order valence-corrected chi connectivity index (χ2v) is 9.13. The summed E-state index contributed by atoms with van der Waals surface area (Å²) in [5.74, 6) is -1.00. The van der Waals surface area contributed by atoms with Crippen LogP contribution in [0.5, 0.6) is 0 Å². The molecule has 0 radical (unpaired) electrons. The number of carbonyl (C=O) groups excluding carboxylic acids is 1. The molecule has 148 valence electrons. The Morgan fingerprint density at radius 2 is 1.81 bits per heavy atom. The first-order valence-electron chi connectivity index (χ1n) is 8.20. The van der Waals surface area contributed by atoms with E-state index in [1.54, 1.807) is 21.1 Å². The first-order valence-corrected chi connectivity index (χ1v) is 10.0. The number of benzene rings is 1. The predicted molar refractivity (Wildman–Crippen MR) is 102 cm³/mol. The summed E-state index contributed by atoms with van der Waals surface area (Å²) in [4.78, 5) is 10.0. The standard InChI is InChI=1S/C13H14ClN2O2S.C5H11NO2/c1-10-4-3-5-11(2)16(10)15-19(17,18)13-8-6-12(14)7-9-13;1-6(2,3)4-5(7)8/h3-10H,1-2H3;4H2,1-3H3/q+1;. The molecule has 9 heteroatoms. The molecule has 0 amide bonds. The molecule has 0 aromatic heterocycles. The monoisotopic (exact) mass is 414 g/mol. The number of quaternary nitrogens is 1. The third-order valence-electron chi connectivity index (χ3n) is 3.38. The minimum Gasteiger partial charge on any atom is -0.544 e. The van der Waals surface area contributed by atoms with Crippen LogP contribution in [0.2, 0.25) is 5.02 Å². The normalized spacial score (nSPS) is 18.5. The van der Waals surface area contributed by atoms with E-state index in [4.69, 9.17) is 11.6 Å². The molecule has 1 atom stereocenters. The molecule has 1 aliphatic heterocycles. The fourth-order valence-corrected chi connectivity index (χ4v) is 3.34. The van der Waals surface area contributed by atoms with Crippen molar-refractivity contribution in [1.29, 1.82) is 0 Å². The van der Waals surface area contributed by atoms with Crippen molar-refractivity contribution in [2.45, 2.75) is 24.8 Å². The summed E-state index contributed by atoms with van der Waals surface area (Å²) >= 11 is 5.75. The Hall–Kier alpha value is -2.03. The van der Waals surface area contributed by atoms with E-state index in [1.165, 1.54) is 29.0 Å². The van der Waals surface area contributed by atoms with Crippen molar-refractivity contribution in [3.8, 4) is 0 Å². The lowest BCUT2D eigenvalue weighted by molar-refractivity contribution is -0.864. The van der Waals surface area contributed by atoms with Crippen molar-refractivity contribution < 1.29 is 27.5 Å². The van der Waals surface area contributed by atoms with Gasteiger partial charge in [0.05, 0.1) is 32.0 Å². The molecule has 1 aliphatic rings. The highest BCUT2D eigenvalue weighted by atomic mass is 35.5. The molecule has 1 unspecified atom stereocenters. The summed E-state index contributed by atoms with van der Waals surface area (Å²) in [6.45, 7) is 3.77. The summed E-state index contributed by atoms with van der Waals surface area (Å²) in [5.41, 5.74) is 0.785. The van der Waals surface area contributed by atoms with Crippen LogP contribution in [0, 0.1) is 0 Å². The van der Waals surface area contributed by atoms with Crippen molar-refractivity contribution >= 4 is 27.6 Å². The number of halogens is 1.